The fraction of sp³-hybridized carbons (Fsp3) is 0.240. The van der Waals surface area contributed by atoms with Crippen molar-refractivity contribution in [2.45, 2.75) is 39.3 Å². The van der Waals surface area contributed by atoms with Crippen LogP contribution in [0.4, 0.5) is 0 Å². The molecule has 31 heavy (non-hydrogen) atoms. The number of carbonyl (C=O) groups is 2. The zero-order chi connectivity index (χ0) is 22.0. The van der Waals surface area contributed by atoms with Crippen LogP contribution in [0, 0.1) is 0 Å². The van der Waals surface area contributed by atoms with E-state index in [9.17, 15) is 14.4 Å². The van der Waals surface area contributed by atoms with Crippen LogP contribution in [0.2, 0.25) is 0 Å². The molecule has 6 heteroatoms. The number of hydrogen-bond donors (Lipinski definition) is 0. The topological polar surface area (TPSA) is 76.8 Å². The summed E-state index contributed by atoms with van der Waals surface area (Å²) < 4.78 is 10.8. The molecule has 0 aliphatic carbocycles. The largest absolute Gasteiger partial charge is 0.461 e. The summed E-state index contributed by atoms with van der Waals surface area (Å²) in [5.41, 5.74) is 3.51. The number of nitrogens with zero attached hydrogens (tertiary/aromatic N) is 1. The lowest BCUT2D eigenvalue weighted by atomic mass is 9.94. The van der Waals surface area contributed by atoms with Gasteiger partial charge >= 0.3 is 11.6 Å². The summed E-state index contributed by atoms with van der Waals surface area (Å²) in [6, 6.07) is 14.2. The first-order chi connectivity index (χ1) is 15.0. The standard InChI is InChI=1S/C25H23NO5/c1-3-17-8-9-21-19(13-25(29)31-23(21)12-17)15-30-24(28)14-22-20-7-5-4-6-18(20)10-11-26(22)16(2)27/h4-13,22H,3,14-15H2,1-2H3/t22-/m1/s1. The SMILES string of the molecule is CCc1ccc2c(COC(=O)C[C@@H]3c4ccccc4C=CN3C(C)=O)cc(=O)oc2c1. The van der Waals surface area contributed by atoms with Crippen molar-refractivity contribution in [2.24, 2.45) is 0 Å². The van der Waals surface area contributed by atoms with Gasteiger partial charge in [0.15, 0.2) is 0 Å². The highest BCUT2D eigenvalue weighted by molar-refractivity contribution is 5.82. The van der Waals surface area contributed by atoms with Crippen LogP contribution in [0.1, 0.15) is 48.6 Å². The molecule has 2 aromatic carbocycles. The fourth-order valence-corrected chi connectivity index (χ4v) is 3.90. The van der Waals surface area contributed by atoms with Crippen molar-refractivity contribution in [3.05, 3.63) is 87.4 Å². The molecule has 3 aromatic rings. The van der Waals surface area contributed by atoms with Crippen LogP contribution in [0.3, 0.4) is 0 Å². The third-order valence-corrected chi connectivity index (χ3v) is 5.52. The first-order valence-corrected chi connectivity index (χ1v) is 10.2. The third kappa shape index (κ3) is 4.28. The van der Waals surface area contributed by atoms with Crippen LogP contribution < -0.4 is 5.63 Å². The number of aryl methyl sites for hydroxylation is 1. The quantitative estimate of drug-likeness (QED) is 0.455. The van der Waals surface area contributed by atoms with Crippen molar-refractivity contribution in [1.29, 1.82) is 0 Å². The summed E-state index contributed by atoms with van der Waals surface area (Å²) in [6.07, 6.45) is 4.39. The molecule has 2 heterocycles. The monoisotopic (exact) mass is 417 g/mol. The Morgan fingerprint density at radius 1 is 1.13 bits per heavy atom. The molecule has 158 valence electrons. The summed E-state index contributed by atoms with van der Waals surface area (Å²) in [7, 11) is 0. The molecule has 0 unspecified atom stereocenters. The molecular weight excluding hydrogens is 394 g/mol. The molecule has 0 bridgehead atoms. The normalized spacial score (nSPS) is 15.0. The Morgan fingerprint density at radius 3 is 2.71 bits per heavy atom. The van der Waals surface area contributed by atoms with E-state index in [0.717, 1.165) is 28.5 Å². The minimum atomic E-state index is -0.485. The smallest absolute Gasteiger partial charge is 0.336 e. The molecule has 1 aromatic heterocycles. The van der Waals surface area contributed by atoms with Crippen LogP contribution in [0.5, 0.6) is 0 Å². The molecule has 0 fully saturated rings. The van der Waals surface area contributed by atoms with E-state index in [1.165, 1.54) is 13.0 Å². The zero-order valence-electron chi connectivity index (χ0n) is 17.5. The van der Waals surface area contributed by atoms with E-state index in [2.05, 4.69) is 0 Å². The van der Waals surface area contributed by atoms with Crippen molar-refractivity contribution in [3.8, 4) is 0 Å². The Kier molecular flexibility index (Phi) is 5.71. The third-order valence-electron chi connectivity index (χ3n) is 5.52. The summed E-state index contributed by atoms with van der Waals surface area (Å²) in [5.74, 6) is -0.602. The van der Waals surface area contributed by atoms with E-state index in [1.807, 2.05) is 55.5 Å². The highest BCUT2D eigenvalue weighted by atomic mass is 16.5. The predicted molar refractivity (Wildman–Crippen MR) is 117 cm³/mol. The van der Waals surface area contributed by atoms with E-state index in [4.69, 9.17) is 9.15 Å². The van der Waals surface area contributed by atoms with Gasteiger partial charge in [-0.1, -0.05) is 43.3 Å². The summed E-state index contributed by atoms with van der Waals surface area (Å²) in [5, 5.41) is 0.737. The molecule has 0 saturated heterocycles. The molecule has 6 nitrogen and oxygen atoms in total. The van der Waals surface area contributed by atoms with Gasteiger partial charge in [0.05, 0.1) is 12.5 Å². The number of rotatable bonds is 5. The van der Waals surface area contributed by atoms with Gasteiger partial charge in [0.1, 0.15) is 12.2 Å². The Labute approximate surface area is 179 Å². The molecule has 1 atom stereocenters. The van der Waals surface area contributed by atoms with Gasteiger partial charge in [0, 0.05) is 30.1 Å². The van der Waals surface area contributed by atoms with Gasteiger partial charge in [-0.15, -0.1) is 0 Å². The zero-order valence-corrected chi connectivity index (χ0v) is 17.5. The lowest BCUT2D eigenvalue weighted by Gasteiger charge is -2.32. The number of fused-ring (bicyclic) bond motifs is 2. The molecule has 0 spiro atoms. The van der Waals surface area contributed by atoms with E-state index in [1.54, 1.807) is 11.1 Å². The van der Waals surface area contributed by atoms with E-state index in [0.29, 0.717) is 11.1 Å². The van der Waals surface area contributed by atoms with Crippen molar-refractivity contribution >= 4 is 28.9 Å². The predicted octanol–water partition coefficient (Wildman–Crippen LogP) is 4.36. The van der Waals surface area contributed by atoms with Gasteiger partial charge in [-0.25, -0.2) is 4.79 Å². The van der Waals surface area contributed by atoms with E-state index in [-0.39, 0.29) is 18.9 Å². The van der Waals surface area contributed by atoms with Crippen LogP contribution in [0.25, 0.3) is 17.0 Å². The lowest BCUT2D eigenvalue weighted by Crippen LogP contribution is -2.32. The average molecular weight is 417 g/mol. The molecule has 0 radical (unpaired) electrons. The maximum Gasteiger partial charge on any atom is 0.336 e. The number of hydrogen-bond acceptors (Lipinski definition) is 5. The molecule has 1 aliphatic heterocycles. The summed E-state index contributed by atoms with van der Waals surface area (Å²) in [4.78, 5) is 38.3. The van der Waals surface area contributed by atoms with Crippen molar-refractivity contribution in [2.75, 3.05) is 0 Å². The Balaban J connectivity index is 1.54. The number of ether oxygens (including phenoxy) is 1. The second-order valence-corrected chi connectivity index (χ2v) is 7.53. The minimum Gasteiger partial charge on any atom is -0.461 e. The van der Waals surface area contributed by atoms with Gasteiger partial charge in [-0.3, -0.25) is 9.59 Å². The van der Waals surface area contributed by atoms with Crippen molar-refractivity contribution < 1.29 is 18.7 Å². The molecule has 1 amide bonds. The Morgan fingerprint density at radius 2 is 1.94 bits per heavy atom. The highest BCUT2D eigenvalue weighted by Gasteiger charge is 2.28. The van der Waals surface area contributed by atoms with Crippen LogP contribution in [-0.2, 0) is 27.4 Å². The fourth-order valence-electron chi connectivity index (χ4n) is 3.90. The summed E-state index contributed by atoms with van der Waals surface area (Å²) >= 11 is 0. The number of amides is 1. The van der Waals surface area contributed by atoms with Crippen molar-refractivity contribution in [1.82, 2.24) is 4.90 Å². The maximum atomic E-state index is 12.7. The lowest BCUT2D eigenvalue weighted by molar-refractivity contribution is -0.146. The van der Waals surface area contributed by atoms with Gasteiger partial charge in [-0.2, -0.15) is 0 Å². The number of esters is 1. The van der Waals surface area contributed by atoms with E-state index < -0.39 is 17.6 Å². The Hall–Kier alpha value is -3.67. The van der Waals surface area contributed by atoms with Gasteiger partial charge in [-0.05, 0) is 35.3 Å². The van der Waals surface area contributed by atoms with Gasteiger partial charge < -0.3 is 14.1 Å². The first-order valence-electron chi connectivity index (χ1n) is 10.2. The minimum absolute atomic E-state index is 0.0142. The van der Waals surface area contributed by atoms with Gasteiger partial charge in [0.2, 0.25) is 5.91 Å². The number of benzene rings is 2. The van der Waals surface area contributed by atoms with Gasteiger partial charge in [0.25, 0.3) is 0 Å². The second-order valence-electron chi connectivity index (χ2n) is 7.53. The maximum absolute atomic E-state index is 12.7. The van der Waals surface area contributed by atoms with Crippen LogP contribution in [-0.4, -0.2) is 16.8 Å². The van der Waals surface area contributed by atoms with Crippen molar-refractivity contribution in [3.63, 3.8) is 0 Å². The first kappa shape index (κ1) is 20.6. The van der Waals surface area contributed by atoms with E-state index >= 15 is 0 Å². The molecule has 0 saturated carbocycles. The summed E-state index contributed by atoms with van der Waals surface area (Å²) in [6.45, 7) is 3.45. The number of carbonyl (C=O) groups excluding carboxylic acids is 2. The molecule has 4 rings (SSSR count). The average Bonchev–Trinajstić information content (AvgIpc) is 2.76. The molecular formula is C25H23NO5. The van der Waals surface area contributed by atoms with Crippen LogP contribution in [0.15, 0.2) is 63.9 Å². The Bertz CT molecular complexity index is 1240. The molecule has 1 aliphatic rings. The molecule has 0 N–H and O–H groups in total. The second kappa shape index (κ2) is 8.60. The highest BCUT2D eigenvalue weighted by Crippen LogP contribution is 2.33. The van der Waals surface area contributed by atoms with Crippen LogP contribution >= 0.6 is 0 Å².